The van der Waals surface area contributed by atoms with Crippen molar-refractivity contribution in [3.8, 4) is 10.4 Å². The molecule has 0 aliphatic heterocycles. The van der Waals surface area contributed by atoms with Gasteiger partial charge in [-0.05, 0) is 29.5 Å². The summed E-state index contributed by atoms with van der Waals surface area (Å²) in [6.07, 6.45) is 0. The smallest absolute Gasteiger partial charge is 0.420 e. The van der Waals surface area contributed by atoms with Gasteiger partial charge in [-0.1, -0.05) is 18.2 Å². The standard InChI is InChI=1S/C10H9BO2S/c12-11(13)10-7-6-9(14-10)8-4-2-1-3-5-8/h1-7,12-13H/p+1. The van der Waals surface area contributed by atoms with Gasteiger partial charge in [-0.25, -0.2) is 0 Å². The molecule has 4 heteroatoms. The van der Waals surface area contributed by atoms with Gasteiger partial charge in [0.15, 0.2) is 9.65 Å². The van der Waals surface area contributed by atoms with Crippen LogP contribution >= 0.6 is 11.3 Å². The van der Waals surface area contributed by atoms with Crippen LogP contribution in [0.3, 0.4) is 0 Å². The summed E-state index contributed by atoms with van der Waals surface area (Å²) in [4.78, 5) is 1.11. The second-order valence-electron chi connectivity index (χ2n) is 2.99. The minimum absolute atomic E-state index is 0.629. The quantitative estimate of drug-likeness (QED) is 0.563. The van der Waals surface area contributed by atoms with Crippen molar-refractivity contribution in [2.24, 2.45) is 0 Å². The molecule has 0 amide bonds. The summed E-state index contributed by atoms with van der Waals surface area (Å²) in [5.74, 6) is 0. The highest BCUT2D eigenvalue weighted by molar-refractivity contribution is 7.24. The van der Waals surface area contributed by atoms with E-state index in [4.69, 9.17) is 10.0 Å². The summed E-state index contributed by atoms with van der Waals surface area (Å²) >= 11 is 0.882. The highest BCUT2D eigenvalue weighted by Crippen LogP contribution is 2.22. The van der Waals surface area contributed by atoms with E-state index in [9.17, 15) is 0 Å². The Morgan fingerprint density at radius 2 is 1.64 bits per heavy atom. The van der Waals surface area contributed by atoms with E-state index in [1.54, 1.807) is 6.07 Å². The van der Waals surface area contributed by atoms with Crippen molar-refractivity contribution >= 4 is 23.2 Å². The Morgan fingerprint density at radius 1 is 0.929 bits per heavy atom. The van der Waals surface area contributed by atoms with Gasteiger partial charge < -0.3 is 10.0 Å². The van der Waals surface area contributed by atoms with E-state index < -0.39 is 7.12 Å². The first-order valence-corrected chi connectivity index (χ1v) is 5.22. The average Bonchev–Trinajstić information content (AvgIpc) is 2.68. The first-order valence-electron chi connectivity index (χ1n) is 4.32. The van der Waals surface area contributed by atoms with Crippen LogP contribution in [0, 0.1) is 0 Å². The number of thiophene rings is 1. The summed E-state index contributed by atoms with van der Waals surface area (Å²) < 4.78 is 0.629. The highest BCUT2D eigenvalue weighted by Gasteiger charge is 2.21. The zero-order valence-corrected chi connectivity index (χ0v) is 8.35. The van der Waals surface area contributed by atoms with E-state index >= 15 is 0 Å². The molecule has 0 fully saturated rings. The molecular formula is C10H10BO2S+. The Balaban J connectivity index is 2.34. The van der Waals surface area contributed by atoms with Crippen molar-refractivity contribution in [2.45, 2.75) is 0 Å². The minimum Gasteiger partial charge on any atom is -0.420 e. The van der Waals surface area contributed by atoms with Gasteiger partial charge in [-0.15, -0.1) is 0 Å². The molecule has 1 heterocycles. The predicted octanol–water partition coefficient (Wildman–Crippen LogP) is 0.827. The minimum atomic E-state index is -1.34. The van der Waals surface area contributed by atoms with Gasteiger partial charge in [-0.3, -0.25) is 0 Å². The van der Waals surface area contributed by atoms with Gasteiger partial charge >= 0.3 is 7.12 Å². The Morgan fingerprint density at radius 3 is 2.21 bits per heavy atom. The Hall–Kier alpha value is -1.10. The maximum absolute atomic E-state index is 8.96. The second kappa shape index (κ2) is 3.96. The van der Waals surface area contributed by atoms with E-state index in [1.807, 2.05) is 36.4 Å². The molecule has 14 heavy (non-hydrogen) atoms. The number of hydrogen-bond acceptors (Lipinski definition) is 2. The first-order chi connectivity index (χ1) is 6.77. The van der Waals surface area contributed by atoms with Gasteiger partial charge in [0.1, 0.15) is 0 Å². The molecule has 2 nitrogen and oxygen atoms in total. The summed E-state index contributed by atoms with van der Waals surface area (Å²) in [5.41, 5.74) is 1.13. The molecule has 0 unspecified atom stereocenters. The normalized spacial score (nSPS) is 10.1. The van der Waals surface area contributed by atoms with Crippen LogP contribution in [0.1, 0.15) is 0 Å². The van der Waals surface area contributed by atoms with Crippen molar-refractivity contribution in [1.29, 1.82) is 0 Å². The van der Waals surface area contributed by atoms with Gasteiger partial charge in [-0.2, -0.15) is 0 Å². The fraction of sp³-hybridized carbons (Fsp3) is 0. The molecule has 0 spiro atoms. The molecule has 0 saturated carbocycles. The number of hydrogen-bond donors (Lipinski definition) is 2. The molecule has 2 aromatic rings. The van der Waals surface area contributed by atoms with E-state index in [1.165, 1.54) is 0 Å². The van der Waals surface area contributed by atoms with Crippen LogP contribution in [0.25, 0.3) is 10.4 Å². The van der Waals surface area contributed by atoms with Crippen LogP contribution < -0.4 is 4.78 Å². The molecule has 2 rings (SSSR count). The Kier molecular flexibility index (Phi) is 2.68. The van der Waals surface area contributed by atoms with Crippen LogP contribution in [0.15, 0.2) is 42.5 Å². The lowest BCUT2D eigenvalue weighted by Gasteiger charge is -1.89. The second-order valence-corrected chi connectivity index (χ2v) is 4.22. The number of benzene rings is 1. The average molecular weight is 205 g/mol. The molecule has 70 valence electrons. The fourth-order valence-electron chi connectivity index (χ4n) is 1.29. The van der Waals surface area contributed by atoms with Crippen LogP contribution in [0.4, 0.5) is 0 Å². The zero-order valence-electron chi connectivity index (χ0n) is 7.46. The SMILES string of the molecule is OB(O)c1ccc(-c2ccccc2)[sH+]1. The lowest BCUT2D eigenvalue weighted by molar-refractivity contribution is 0.427. The largest absolute Gasteiger partial charge is 0.544 e. The van der Waals surface area contributed by atoms with Crippen LogP contribution in [-0.4, -0.2) is 17.2 Å². The van der Waals surface area contributed by atoms with Gasteiger partial charge in [0, 0.05) is 11.6 Å². The van der Waals surface area contributed by atoms with Crippen LogP contribution in [-0.2, 0) is 0 Å². The molecule has 0 bridgehead atoms. The number of rotatable bonds is 2. The van der Waals surface area contributed by atoms with Crippen molar-refractivity contribution in [2.75, 3.05) is 0 Å². The maximum Gasteiger partial charge on any atom is 0.544 e. The third-order valence-corrected chi connectivity index (χ3v) is 3.28. The zero-order chi connectivity index (χ0) is 9.97. The molecule has 0 radical (unpaired) electrons. The molecular weight excluding hydrogens is 195 g/mol. The topological polar surface area (TPSA) is 40.5 Å². The third-order valence-electron chi connectivity index (χ3n) is 2.00. The Bertz CT molecular complexity index is 411. The monoisotopic (exact) mass is 205 g/mol. The van der Waals surface area contributed by atoms with Gasteiger partial charge in [0.05, 0.1) is 0 Å². The maximum atomic E-state index is 8.96. The molecule has 0 aliphatic rings. The molecule has 0 aliphatic carbocycles. The molecule has 1 aromatic heterocycles. The summed E-state index contributed by atoms with van der Waals surface area (Å²) in [5, 5.41) is 17.9. The van der Waals surface area contributed by atoms with E-state index in [0.717, 1.165) is 21.8 Å². The highest BCUT2D eigenvalue weighted by atomic mass is 32.1. The lowest BCUT2D eigenvalue weighted by atomic mass is 9.90. The van der Waals surface area contributed by atoms with Gasteiger partial charge in [0.25, 0.3) is 0 Å². The molecule has 1 aromatic carbocycles. The molecule has 2 N–H and O–H groups in total. The summed E-state index contributed by atoms with van der Waals surface area (Å²) in [7, 11) is -1.34. The third kappa shape index (κ3) is 1.87. The van der Waals surface area contributed by atoms with Gasteiger partial charge in [0.2, 0.25) is 0 Å². The summed E-state index contributed by atoms with van der Waals surface area (Å²) in [6.45, 7) is 0. The van der Waals surface area contributed by atoms with E-state index in [-0.39, 0.29) is 0 Å². The van der Waals surface area contributed by atoms with Crippen LogP contribution in [0.5, 0.6) is 0 Å². The fourth-order valence-corrected chi connectivity index (χ4v) is 2.26. The Labute approximate surface area is 86.6 Å². The van der Waals surface area contributed by atoms with Crippen molar-refractivity contribution < 1.29 is 10.0 Å². The van der Waals surface area contributed by atoms with E-state index in [2.05, 4.69) is 0 Å². The van der Waals surface area contributed by atoms with Crippen molar-refractivity contribution in [3.63, 3.8) is 0 Å². The molecule has 0 atom stereocenters. The van der Waals surface area contributed by atoms with Crippen molar-refractivity contribution in [1.82, 2.24) is 0 Å². The molecule has 0 saturated heterocycles. The van der Waals surface area contributed by atoms with Crippen LogP contribution in [0.2, 0.25) is 0 Å². The first kappa shape index (κ1) is 9.46. The van der Waals surface area contributed by atoms with Crippen molar-refractivity contribution in [3.05, 3.63) is 42.5 Å². The predicted molar refractivity (Wildman–Crippen MR) is 61.0 cm³/mol. The lowest BCUT2D eigenvalue weighted by Crippen LogP contribution is -2.26. The van der Waals surface area contributed by atoms with E-state index in [0.29, 0.717) is 4.78 Å². The summed E-state index contributed by atoms with van der Waals surface area (Å²) in [6, 6.07) is 13.6.